The number of hydrogen-bond acceptors (Lipinski definition) is 2. The molecule has 0 radical (unpaired) electrons. The fraction of sp³-hybridized carbons (Fsp3) is 0.294. The van der Waals surface area contributed by atoms with Gasteiger partial charge in [0.1, 0.15) is 5.75 Å². The number of alkyl halides is 1. The summed E-state index contributed by atoms with van der Waals surface area (Å²) in [5.74, 6) is 0.873. The summed E-state index contributed by atoms with van der Waals surface area (Å²) < 4.78 is 12.2. The normalized spacial score (nSPS) is 12.2. The van der Waals surface area contributed by atoms with Gasteiger partial charge in [-0.25, -0.2) is 0 Å². The first-order chi connectivity index (χ1) is 9.74. The average molecular weight is 382 g/mol. The van der Waals surface area contributed by atoms with Crippen LogP contribution in [0.5, 0.6) is 5.75 Å². The molecule has 0 aromatic heterocycles. The van der Waals surface area contributed by atoms with Crippen molar-refractivity contribution in [2.75, 3.05) is 11.5 Å². The third-order valence-corrected chi connectivity index (χ3v) is 4.09. The molecule has 0 heterocycles. The minimum atomic E-state index is 0.138. The molecule has 2 rings (SSSR count). The van der Waals surface area contributed by atoms with Gasteiger partial charge in [-0.05, 0) is 35.7 Å². The first-order valence-corrected chi connectivity index (χ1v) is 8.13. The molecule has 0 bridgehead atoms. The first-order valence-electron chi connectivity index (χ1n) is 6.60. The van der Waals surface area contributed by atoms with Crippen LogP contribution in [0.1, 0.15) is 22.8 Å². The highest BCUT2D eigenvalue weighted by Gasteiger charge is 2.12. The lowest BCUT2D eigenvalue weighted by atomic mass is 10.0. The predicted octanol–water partition coefficient (Wildman–Crippen LogP) is 4.70. The molecule has 0 aliphatic rings. The van der Waals surface area contributed by atoms with Crippen LogP contribution in [0.2, 0.25) is 0 Å². The third kappa shape index (κ3) is 3.96. The Morgan fingerprint density at radius 2 is 1.75 bits per heavy atom. The van der Waals surface area contributed by atoms with Gasteiger partial charge in [-0.2, -0.15) is 0 Å². The Morgan fingerprint density at radius 3 is 2.35 bits per heavy atom. The van der Waals surface area contributed by atoms with Crippen molar-refractivity contribution in [3.05, 3.63) is 65.2 Å². The first kappa shape index (κ1) is 15.3. The second-order valence-electron chi connectivity index (χ2n) is 4.66. The lowest BCUT2D eigenvalue weighted by Crippen LogP contribution is -2.07. The van der Waals surface area contributed by atoms with E-state index in [1.54, 1.807) is 7.11 Å². The van der Waals surface area contributed by atoms with Crippen LogP contribution in [0.3, 0.4) is 0 Å². The third-order valence-electron chi connectivity index (χ3n) is 3.29. The Bertz CT molecular complexity index is 537. The van der Waals surface area contributed by atoms with Gasteiger partial charge in [0, 0.05) is 4.43 Å². The SMILES string of the molecule is COc1ccc(COC(CI)c2ccccc2C)cc1. The van der Waals surface area contributed by atoms with E-state index in [1.165, 1.54) is 11.1 Å². The molecular formula is C17H19IO2. The van der Waals surface area contributed by atoms with E-state index in [0.29, 0.717) is 6.61 Å². The molecule has 0 aliphatic heterocycles. The quantitative estimate of drug-likeness (QED) is 0.533. The highest BCUT2D eigenvalue weighted by Crippen LogP contribution is 2.24. The Morgan fingerprint density at radius 1 is 1.05 bits per heavy atom. The van der Waals surface area contributed by atoms with Crippen LogP contribution in [-0.2, 0) is 11.3 Å². The lowest BCUT2D eigenvalue weighted by Gasteiger charge is -2.18. The Kier molecular flexibility index (Phi) is 5.86. The van der Waals surface area contributed by atoms with E-state index < -0.39 is 0 Å². The Labute approximate surface area is 134 Å². The van der Waals surface area contributed by atoms with Crippen LogP contribution >= 0.6 is 22.6 Å². The maximum Gasteiger partial charge on any atom is 0.118 e. The minimum Gasteiger partial charge on any atom is -0.497 e. The topological polar surface area (TPSA) is 18.5 Å². The van der Waals surface area contributed by atoms with Gasteiger partial charge >= 0.3 is 0 Å². The van der Waals surface area contributed by atoms with Crippen LogP contribution in [0.4, 0.5) is 0 Å². The molecule has 2 nitrogen and oxygen atoms in total. The summed E-state index contributed by atoms with van der Waals surface area (Å²) in [5, 5.41) is 0. The van der Waals surface area contributed by atoms with E-state index in [0.717, 1.165) is 15.7 Å². The van der Waals surface area contributed by atoms with Gasteiger partial charge in [-0.3, -0.25) is 0 Å². The van der Waals surface area contributed by atoms with Crippen LogP contribution in [0.15, 0.2) is 48.5 Å². The van der Waals surface area contributed by atoms with E-state index in [2.05, 4.69) is 53.8 Å². The van der Waals surface area contributed by atoms with Gasteiger partial charge in [-0.15, -0.1) is 0 Å². The molecule has 1 atom stereocenters. The number of ether oxygens (including phenoxy) is 2. The summed E-state index contributed by atoms with van der Waals surface area (Å²) in [6.07, 6.45) is 0.138. The molecule has 0 amide bonds. The molecule has 2 aromatic carbocycles. The largest absolute Gasteiger partial charge is 0.497 e. The van der Waals surface area contributed by atoms with Crippen LogP contribution in [0, 0.1) is 6.92 Å². The van der Waals surface area contributed by atoms with Gasteiger partial charge < -0.3 is 9.47 Å². The number of aryl methyl sites for hydroxylation is 1. The van der Waals surface area contributed by atoms with E-state index in [4.69, 9.17) is 9.47 Å². The van der Waals surface area contributed by atoms with Gasteiger partial charge in [0.2, 0.25) is 0 Å². The number of rotatable bonds is 6. The maximum atomic E-state index is 6.07. The molecular weight excluding hydrogens is 363 g/mol. The molecule has 0 fully saturated rings. The van der Waals surface area contributed by atoms with Gasteiger partial charge in [0.05, 0.1) is 19.8 Å². The highest BCUT2D eigenvalue weighted by molar-refractivity contribution is 14.1. The number of halogens is 1. The van der Waals surface area contributed by atoms with E-state index >= 15 is 0 Å². The molecule has 3 heteroatoms. The van der Waals surface area contributed by atoms with Gasteiger partial charge in [0.15, 0.2) is 0 Å². The fourth-order valence-corrected chi connectivity index (χ4v) is 2.81. The van der Waals surface area contributed by atoms with Crippen molar-refractivity contribution in [2.24, 2.45) is 0 Å². The molecule has 2 aromatic rings. The molecule has 0 spiro atoms. The number of methoxy groups -OCH3 is 1. The average Bonchev–Trinajstić information content (AvgIpc) is 2.50. The summed E-state index contributed by atoms with van der Waals surface area (Å²) in [7, 11) is 1.68. The fourth-order valence-electron chi connectivity index (χ4n) is 2.08. The number of hydrogen-bond donors (Lipinski definition) is 0. The number of benzene rings is 2. The van der Waals surface area contributed by atoms with Crippen LogP contribution in [-0.4, -0.2) is 11.5 Å². The summed E-state index contributed by atoms with van der Waals surface area (Å²) in [5.41, 5.74) is 3.72. The van der Waals surface area contributed by atoms with Crippen molar-refractivity contribution in [2.45, 2.75) is 19.6 Å². The van der Waals surface area contributed by atoms with Gasteiger partial charge in [0.25, 0.3) is 0 Å². The lowest BCUT2D eigenvalue weighted by molar-refractivity contribution is 0.0573. The predicted molar refractivity (Wildman–Crippen MR) is 90.6 cm³/mol. The van der Waals surface area contributed by atoms with Crippen LogP contribution < -0.4 is 4.74 Å². The Balaban J connectivity index is 2.02. The monoisotopic (exact) mass is 382 g/mol. The molecule has 1 unspecified atom stereocenters. The molecule has 0 saturated carbocycles. The zero-order chi connectivity index (χ0) is 14.4. The van der Waals surface area contributed by atoms with Crippen molar-refractivity contribution in [3.8, 4) is 5.75 Å². The van der Waals surface area contributed by atoms with E-state index in [1.807, 2.05) is 24.3 Å². The smallest absolute Gasteiger partial charge is 0.118 e. The molecule has 0 aliphatic carbocycles. The van der Waals surface area contributed by atoms with E-state index in [-0.39, 0.29) is 6.10 Å². The molecule has 20 heavy (non-hydrogen) atoms. The van der Waals surface area contributed by atoms with Crippen molar-refractivity contribution in [3.63, 3.8) is 0 Å². The van der Waals surface area contributed by atoms with Crippen LogP contribution in [0.25, 0.3) is 0 Å². The zero-order valence-corrected chi connectivity index (χ0v) is 14.0. The molecule has 0 N–H and O–H groups in total. The van der Waals surface area contributed by atoms with Gasteiger partial charge in [-0.1, -0.05) is 59.0 Å². The molecule has 106 valence electrons. The molecule has 0 saturated heterocycles. The second kappa shape index (κ2) is 7.64. The Hall–Kier alpha value is -1.07. The van der Waals surface area contributed by atoms with Crippen molar-refractivity contribution in [1.29, 1.82) is 0 Å². The van der Waals surface area contributed by atoms with Crippen molar-refractivity contribution < 1.29 is 9.47 Å². The summed E-state index contributed by atoms with van der Waals surface area (Å²) >= 11 is 2.38. The highest BCUT2D eigenvalue weighted by atomic mass is 127. The second-order valence-corrected chi connectivity index (χ2v) is 5.54. The van der Waals surface area contributed by atoms with E-state index in [9.17, 15) is 0 Å². The maximum absolute atomic E-state index is 6.07. The zero-order valence-electron chi connectivity index (χ0n) is 11.8. The summed E-state index contributed by atoms with van der Waals surface area (Å²) in [6.45, 7) is 2.75. The van der Waals surface area contributed by atoms with Crippen molar-refractivity contribution in [1.82, 2.24) is 0 Å². The standard InChI is InChI=1S/C17H19IO2/c1-13-5-3-4-6-16(13)17(11-18)20-12-14-7-9-15(19-2)10-8-14/h3-10,17H,11-12H2,1-2H3. The van der Waals surface area contributed by atoms with Crippen molar-refractivity contribution >= 4 is 22.6 Å². The summed E-state index contributed by atoms with van der Waals surface area (Å²) in [6, 6.07) is 16.4. The summed E-state index contributed by atoms with van der Waals surface area (Å²) in [4.78, 5) is 0. The minimum absolute atomic E-state index is 0.138.